The molecule has 3 aromatic rings. The van der Waals surface area contributed by atoms with Crippen LogP contribution in [-0.2, 0) is 11.2 Å². The lowest BCUT2D eigenvalue weighted by Crippen LogP contribution is -2.28. The Kier molecular flexibility index (Phi) is 4.81. The normalized spacial score (nSPS) is 17.6. The van der Waals surface area contributed by atoms with Gasteiger partial charge in [-0.05, 0) is 55.3 Å². The number of rotatable bonds is 2. The second-order valence-corrected chi connectivity index (χ2v) is 7.90. The molecule has 1 aliphatic carbocycles. The third-order valence-corrected chi connectivity index (χ3v) is 5.85. The highest BCUT2D eigenvalue weighted by atomic mass is 35.5. The van der Waals surface area contributed by atoms with Crippen LogP contribution in [0.3, 0.4) is 0 Å². The first kappa shape index (κ1) is 18.3. The molecule has 1 N–H and O–H groups in total. The molecule has 148 valence electrons. The number of nitrogens with one attached hydrogen (secondary N) is 1. The van der Waals surface area contributed by atoms with Crippen LogP contribution < -0.4 is 10.2 Å². The zero-order valence-electron chi connectivity index (χ0n) is 16.1. The Balaban J connectivity index is 1.52. The van der Waals surface area contributed by atoms with Gasteiger partial charge in [0.15, 0.2) is 11.4 Å². The zero-order chi connectivity index (χ0) is 19.8. The monoisotopic (exact) mass is 407 g/mol. The maximum Gasteiger partial charge on any atom is 0.165 e. The van der Waals surface area contributed by atoms with E-state index in [1.165, 1.54) is 0 Å². The first-order valence-electron chi connectivity index (χ1n) is 10.0. The van der Waals surface area contributed by atoms with E-state index >= 15 is 0 Å². The van der Waals surface area contributed by atoms with Crippen LogP contribution in [-0.4, -0.2) is 46.3 Å². The number of ketones is 1. The molecule has 29 heavy (non-hydrogen) atoms. The smallest absolute Gasteiger partial charge is 0.165 e. The van der Waals surface area contributed by atoms with Crippen molar-refractivity contribution in [3.8, 4) is 0 Å². The number of carbonyl (C=O) groups is 1. The number of aryl methyl sites for hydroxylation is 1. The van der Waals surface area contributed by atoms with Gasteiger partial charge in [-0.15, -0.1) is 0 Å². The van der Waals surface area contributed by atoms with Gasteiger partial charge in [-0.25, -0.2) is 9.97 Å². The van der Waals surface area contributed by atoms with E-state index in [4.69, 9.17) is 16.6 Å². The minimum absolute atomic E-state index is 0.0862. The van der Waals surface area contributed by atoms with E-state index < -0.39 is 0 Å². The Labute approximate surface area is 174 Å². The number of fused-ring (bicyclic) bond motifs is 2. The molecule has 1 aliphatic heterocycles. The molecule has 1 fully saturated rings. The van der Waals surface area contributed by atoms with Crippen molar-refractivity contribution in [1.82, 2.24) is 19.7 Å². The van der Waals surface area contributed by atoms with Crippen LogP contribution in [0.4, 0.5) is 5.82 Å². The van der Waals surface area contributed by atoms with Gasteiger partial charge in [0.05, 0.1) is 16.4 Å². The highest BCUT2D eigenvalue weighted by molar-refractivity contribution is 6.33. The molecule has 0 bridgehead atoms. The van der Waals surface area contributed by atoms with Gasteiger partial charge in [-0.1, -0.05) is 11.6 Å². The van der Waals surface area contributed by atoms with Gasteiger partial charge in [0.1, 0.15) is 5.82 Å². The maximum atomic E-state index is 12.9. The lowest BCUT2D eigenvalue weighted by molar-refractivity contribution is -0.113. The number of allylic oxidation sites excluding steroid dienone is 1. The summed E-state index contributed by atoms with van der Waals surface area (Å²) in [5.41, 5.74) is 3.90. The lowest BCUT2D eigenvalue weighted by atomic mass is 10.1. The van der Waals surface area contributed by atoms with Crippen molar-refractivity contribution in [1.29, 1.82) is 0 Å². The number of carbonyl (C=O) groups excluding carboxylic acids is 1. The van der Waals surface area contributed by atoms with E-state index in [0.717, 1.165) is 49.7 Å². The number of nitrogens with zero attached hydrogens (tertiary/aromatic N) is 4. The Hall–Kier alpha value is -2.70. The minimum Gasteiger partial charge on any atom is -0.355 e. The van der Waals surface area contributed by atoms with E-state index in [9.17, 15) is 4.79 Å². The highest BCUT2D eigenvalue weighted by Crippen LogP contribution is 2.29. The Morgan fingerprint density at radius 2 is 2.00 bits per heavy atom. The SMILES string of the molecule is O=C1CCc2nc(N3CCCNCC3)ccc2C=C1c1cn2cccc(Cl)c2n1. The van der Waals surface area contributed by atoms with Crippen molar-refractivity contribution >= 4 is 40.5 Å². The van der Waals surface area contributed by atoms with Crippen molar-refractivity contribution in [2.24, 2.45) is 0 Å². The van der Waals surface area contributed by atoms with Gasteiger partial charge in [0.2, 0.25) is 0 Å². The van der Waals surface area contributed by atoms with Crippen LogP contribution in [0.1, 0.15) is 29.8 Å². The van der Waals surface area contributed by atoms with E-state index in [0.29, 0.717) is 34.8 Å². The first-order valence-corrected chi connectivity index (χ1v) is 10.4. The number of anilines is 1. The molecule has 7 heteroatoms. The predicted molar refractivity (Wildman–Crippen MR) is 115 cm³/mol. The van der Waals surface area contributed by atoms with E-state index in [2.05, 4.69) is 27.3 Å². The third kappa shape index (κ3) is 3.54. The molecular formula is C22H22ClN5O. The number of hydrogen-bond donors (Lipinski definition) is 1. The molecule has 4 heterocycles. The van der Waals surface area contributed by atoms with E-state index in [1.54, 1.807) is 6.07 Å². The number of pyridine rings is 2. The molecule has 0 aromatic carbocycles. The molecule has 0 radical (unpaired) electrons. The van der Waals surface area contributed by atoms with Crippen LogP contribution >= 0.6 is 11.6 Å². The number of aromatic nitrogens is 3. The molecule has 1 saturated heterocycles. The van der Waals surface area contributed by atoms with Crippen LogP contribution in [0, 0.1) is 0 Å². The van der Waals surface area contributed by atoms with Crippen molar-refractivity contribution in [3.63, 3.8) is 0 Å². The van der Waals surface area contributed by atoms with Crippen LogP contribution in [0.15, 0.2) is 36.7 Å². The first-order chi connectivity index (χ1) is 14.2. The summed E-state index contributed by atoms with van der Waals surface area (Å²) in [5.74, 6) is 1.08. The van der Waals surface area contributed by atoms with Gasteiger partial charge in [0, 0.05) is 44.0 Å². The largest absolute Gasteiger partial charge is 0.355 e. The van der Waals surface area contributed by atoms with E-state index in [-0.39, 0.29) is 5.78 Å². The molecule has 0 unspecified atom stereocenters. The van der Waals surface area contributed by atoms with Crippen molar-refractivity contribution in [2.75, 3.05) is 31.1 Å². The Morgan fingerprint density at radius 3 is 2.90 bits per heavy atom. The molecule has 6 nitrogen and oxygen atoms in total. The fraction of sp³-hybridized carbons (Fsp3) is 0.318. The molecule has 3 aromatic heterocycles. The quantitative estimate of drug-likeness (QED) is 0.706. The number of imidazole rings is 1. The topological polar surface area (TPSA) is 62.5 Å². The van der Waals surface area contributed by atoms with Crippen molar-refractivity contribution in [3.05, 3.63) is 58.6 Å². The average molecular weight is 408 g/mol. The highest BCUT2D eigenvalue weighted by Gasteiger charge is 2.22. The van der Waals surface area contributed by atoms with Crippen molar-refractivity contribution < 1.29 is 4.79 Å². The summed E-state index contributed by atoms with van der Waals surface area (Å²) in [5, 5.41) is 3.99. The minimum atomic E-state index is 0.0862. The zero-order valence-corrected chi connectivity index (χ0v) is 16.8. The Bertz CT molecular complexity index is 1110. The molecule has 0 amide bonds. The second kappa shape index (κ2) is 7.61. The van der Waals surface area contributed by atoms with E-state index in [1.807, 2.05) is 28.9 Å². The van der Waals surface area contributed by atoms with Crippen molar-refractivity contribution in [2.45, 2.75) is 19.3 Å². The molecule has 5 rings (SSSR count). The molecule has 2 aliphatic rings. The summed E-state index contributed by atoms with van der Waals surface area (Å²) < 4.78 is 1.85. The molecule has 0 spiro atoms. The number of hydrogen-bond acceptors (Lipinski definition) is 5. The van der Waals surface area contributed by atoms with Gasteiger partial charge in [0.25, 0.3) is 0 Å². The maximum absolute atomic E-state index is 12.9. The van der Waals surface area contributed by atoms with Crippen LogP contribution in [0.25, 0.3) is 17.3 Å². The molecule has 0 saturated carbocycles. The Morgan fingerprint density at radius 1 is 1.07 bits per heavy atom. The number of halogens is 1. The summed E-state index contributed by atoms with van der Waals surface area (Å²) in [4.78, 5) is 24.7. The lowest BCUT2D eigenvalue weighted by Gasteiger charge is -2.22. The summed E-state index contributed by atoms with van der Waals surface area (Å²) in [7, 11) is 0. The number of Topliss-reactive ketones (excluding diaryl/α,β-unsaturated/α-hetero) is 1. The standard InChI is InChI=1S/C22H22ClN5O/c23-17-3-1-10-28-14-19(26-22(17)28)16-13-15-4-7-21(25-18(15)5-6-20(16)29)27-11-2-8-24-9-12-27/h1,3-4,7,10,13-14,24H,2,5-6,8-9,11-12H2. The molecular weight excluding hydrogens is 386 g/mol. The van der Waals surface area contributed by atoms with Gasteiger partial charge >= 0.3 is 0 Å². The third-order valence-electron chi connectivity index (χ3n) is 5.56. The summed E-state index contributed by atoms with van der Waals surface area (Å²) in [6.07, 6.45) is 7.86. The predicted octanol–water partition coefficient (Wildman–Crippen LogP) is 3.24. The fourth-order valence-electron chi connectivity index (χ4n) is 4.01. The summed E-state index contributed by atoms with van der Waals surface area (Å²) >= 11 is 6.25. The average Bonchev–Trinajstić information content (AvgIpc) is 2.89. The summed E-state index contributed by atoms with van der Waals surface area (Å²) in [6, 6.07) is 7.81. The van der Waals surface area contributed by atoms with Crippen LogP contribution in [0.2, 0.25) is 5.02 Å². The molecule has 0 atom stereocenters. The van der Waals surface area contributed by atoms with Gasteiger partial charge in [-0.3, -0.25) is 4.79 Å². The van der Waals surface area contributed by atoms with Gasteiger partial charge < -0.3 is 14.6 Å². The fourth-order valence-corrected chi connectivity index (χ4v) is 4.22. The van der Waals surface area contributed by atoms with Crippen LogP contribution in [0.5, 0.6) is 0 Å². The summed E-state index contributed by atoms with van der Waals surface area (Å²) in [6.45, 7) is 3.97. The second-order valence-electron chi connectivity index (χ2n) is 7.49. The van der Waals surface area contributed by atoms with Gasteiger partial charge in [-0.2, -0.15) is 0 Å².